The van der Waals surface area contributed by atoms with Crippen molar-refractivity contribution in [3.8, 4) is 0 Å². The summed E-state index contributed by atoms with van der Waals surface area (Å²) in [5, 5.41) is 11.8. The van der Waals surface area contributed by atoms with E-state index in [-0.39, 0.29) is 11.7 Å². The first-order valence-electron chi connectivity index (χ1n) is 6.96. The van der Waals surface area contributed by atoms with Crippen LogP contribution in [0.5, 0.6) is 0 Å². The minimum absolute atomic E-state index is 0.319. The van der Waals surface area contributed by atoms with Crippen LogP contribution in [0.3, 0.4) is 0 Å². The lowest BCUT2D eigenvalue weighted by atomic mass is 10.0. The molecule has 0 unspecified atom stereocenters. The largest absolute Gasteiger partial charge is 0.479 e. The van der Waals surface area contributed by atoms with Crippen LogP contribution in [0, 0.1) is 5.82 Å². The molecule has 1 aromatic carbocycles. The van der Waals surface area contributed by atoms with Gasteiger partial charge in [0.05, 0.1) is 5.54 Å². The Morgan fingerprint density at radius 1 is 1.29 bits per heavy atom. The number of carboxylic acids is 1. The summed E-state index contributed by atoms with van der Waals surface area (Å²) in [7, 11) is 0. The van der Waals surface area contributed by atoms with Crippen LogP contribution in [0.2, 0.25) is 0 Å². The Morgan fingerprint density at radius 2 is 2.00 bits per heavy atom. The monoisotopic (exact) mass is 293 g/mol. The van der Waals surface area contributed by atoms with Gasteiger partial charge in [0.25, 0.3) is 0 Å². The number of hydrogen-bond donors (Lipinski definition) is 2. The van der Waals surface area contributed by atoms with Gasteiger partial charge in [0.2, 0.25) is 5.91 Å². The van der Waals surface area contributed by atoms with Crippen molar-refractivity contribution in [1.82, 2.24) is 5.32 Å². The van der Waals surface area contributed by atoms with Gasteiger partial charge in [-0.1, -0.05) is 12.1 Å². The van der Waals surface area contributed by atoms with Crippen LogP contribution in [-0.4, -0.2) is 29.2 Å². The molecule has 2 N–H and O–H groups in total. The minimum atomic E-state index is -1.04. The molecule has 5 nitrogen and oxygen atoms in total. The maximum absolute atomic E-state index is 13.3. The smallest absolute Gasteiger partial charge is 0.332 e. The van der Waals surface area contributed by atoms with E-state index in [4.69, 9.17) is 9.84 Å². The topological polar surface area (TPSA) is 75.6 Å². The quantitative estimate of drug-likeness (QED) is 0.883. The molecule has 1 aliphatic heterocycles. The molecule has 1 heterocycles. The molecule has 2 aliphatic rings. The van der Waals surface area contributed by atoms with Gasteiger partial charge in [-0.2, -0.15) is 0 Å². The molecule has 0 aromatic heterocycles. The minimum Gasteiger partial charge on any atom is -0.479 e. The van der Waals surface area contributed by atoms with Crippen molar-refractivity contribution >= 4 is 11.9 Å². The summed E-state index contributed by atoms with van der Waals surface area (Å²) in [6, 6.07) is 6.18. The molecule has 1 aromatic rings. The molecule has 0 bridgehead atoms. The molecule has 2 atom stereocenters. The number of benzene rings is 1. The molecule has 1 saturated heterocycles. The Bertz CT molecular complexity index is 585. The normalized spacial score (nSPS) is 26.3. The van der Waals surface area contributed by atoms with Crippen molar-refractivity contribution in [1.29, 1.82) is 0 Å². The van der Waals surface area contributed by atoms with Crippen LogP contribution in [0.4, 0.5) is 4.39 Å². The molecule has 21 heavy (non-hydrogen) atoms. The number of rotatable bonds is 4. The predicted octanol–water partition coefficient (Wildman–Crippen LogP) is 1.56. The standard InChI is InChI=1S/C15H16FNO4/c16-10-3-1-2-9(8-10)15(6-7-15)17-13(18)11-4-5-12(21-11)14(19)20/h1-3,8,11-12H,4-7H2,(H,17,18)(H,19,20)/t11-,12+/m0/s1. The van der Waals surface area contributed by atoms with E-state index >= 15 is 0 Å². The van der Waals surface area contributed by atoms with Crippen LogP contribution in [-0.2, 0) is 19.9 Å². The van der Waals surface area contributed by atoms with E-state index in [1.54, 1.807) is 12.1 Å². The molecule has 1 saturated carbocycles. The summed E-state index contributed by atoms with van der Waals surface area (Å²) < 4.78 is 18.5. The first kappa shape index (κ1) is 14.0. The summed E-state index contributed by atoms with van der Waals surface area (Å²) in [6.07, 6.45) is 0.568. The van der Waals surface area contributed by atoms with Crippen LogP contribution < -0.4 is 5.32 Å². The van der Waals surface area contributed by atoms with E-state index in [1.807, 2.05) is 0 Å². The lowest BCUT2D eigenvalue weighted by Gasteiger charge is -2.20. The maximum Gasteiger partial charge on any atom is 0.332 e. The first-order chi connectivity index (χ1) is 10.00. The molecule has 0 radical (unpaired) electrons. The second kappa shape index (κ2) is 5.11. The van der Waals surface area contributed by atoms with Crippen molar-refractivity contribution in [2.45, 2.75) is 43.4 Å². The Balaban J connectivity index is 1.67. The number of amides is 1. The molecule has 1 amide bonds. The number of ether oxygens (including phenoxy) is 1. The number of carboxylic acid groups (broad SMARTS) is 1. The lowest BCUT2D eigenvalue weighted by Crippen LogP contribution is -2.42. The third-order valence-corrected chi connectivity index (χ3v) is 4.08. The van der Waals surface area contributed by atoms with Crippen molar-refractivity contribution in [3.63, 3.8) is 0 Å². The van der Waals surface area contributed by atoms with Gasteiger partial charge >= 0.3 is 5.97 Å². The highest BCUT2D eigenvalue weighted by atomic mass is 19.1. The fourth-order valence-electron chi connectivity index (χ4n) is 2.73. The van der Waals surface area contributed by atoms with Crippen molar-refractivity contribution in [2.75, 3.05) is 0 Å². The maximum atomic E-state index is 13.3. The van der Waals surface area contributed by atoms with Crippen molar-refractivity contribution in [2.24, 2.45) is 0 Å². The number of halogens is 1. The molecular weight excluding hydrogens is 277 g/mol. The van der Waals surface area contributed by atoms with Gasteiger partial charge in [-0.25, -0.2) is 9.18 Å². The molecule has 1 aliphatic carbocycles. The van der Waals surface area contributed by atoms with Gasteiger partial charge in [0, 0.05) is 0 Å². The molecule has 6 heteroatoms. The Kier molecular flexibility index (Phi) is 3.41. The Hall–Kier alpha value is -1.95. The molecule has 0 spiro atoms. The highest BCUT2D eigenvalue weighted by molar-refractivity contribution is 5.83. The van der Waals surface area contributed by atoms with Gasteiger partial charge < -0.3 is 15.2 Å². The summed E-state index contributed by atoms with van der Waals surface area (Å²) in [5.41, 5.74) is 0.216. The van der Waals surface area contributed by atoms with Gasteiger partial charge in [-0.15, -0.1) is 0 Å². The molecule has 112 valence electrons. The zero-order chi connectivity index (χ0) is 15.0. The van der Waals surface area contributed by atoms with Crippen LogP contribution in [0.25, 0.3) is 0 Å². The first-order valence-corrected chi connectivity index (χ1v) is 6.96. The third-order valence-electron chi connectivity index (χ3n) is 4.08. The molecular formula is C15H16FNO4. The van der Waals surface area contributed by atoms with E-state index in [0.717, 1.165) is 18.4 Å². The number of nitrogens with one attached hydrogen (secondary N) is 1. The Labute approximate surface area is 121 Å². The predicted molar refractivity (Wildman–Crippen MR) is 71.0 cm³/mol. The van der Waals surface area contributed by atoms with E-state index in [1.165, 1.54) is 12.1 Å². The summed E-state index contributed by atoms with van der Waals surface area (Å²) >= 11 is 0. The van der Waals surface area contributed by atoms with E-state index < -0.39 is 23.7 Å². The van der Waals surface area contributed by atoms with Gasteiger partial charge in [0.15, 0.2) is 6.10 Å². The second-order valence-corrected chi connectivity index (χ2v) is 5.61. The van der Waals surface area contributed by atoms with E-state index in [9.17, 15) is 14.0 Å². The van der Waals surface area contributed by atoms with Gasteiger partial charge in [-0.3, -0.25) is 4.79 Å². The zero-order valence-electron chi connectivity index (χ0n) is 11.3. The average Bonchev–Trinajstić information content (AvgIpc) is 3.04. The van der Waals surface area contributed by atoms with Crippen molar-refractivity contribution in [3.05, 3.63) is 35.6 Å². The Morgan fingerprint density at radius 3 is 2.57 bits per heavy atom. The fourth-order valence-corrected chi connectivity index (χ4v) is 2.73. The van der Waals surface area contributed by atoms with Crippen LogP contribution in [0.15, 0.2) is 24.3 Å². The number of carbonyl (C=O) groups is 2. The highest BCUT2D eigenvalue weighted by Crippen LogP contribution is 2.45. The molecule has 3 rings (SSSR count). The van der Waals surface area contributed by atoms with Gasteiger partial charge in [-0.05, 0) is 43.4 Å². The SMILES string of the molecule is O=C(NC1(c2cccc(F)c2)CC1)[C@@H]1CC[C@H](C(=O)O)O1. The number of hydrogen-bond acceptors (Lipinski definition) is 3. The van der Waals surface area contributed by atoms with Crippen LogP contribution in [0.1, 0.15) is 31.2 Å². The average molecular weight is 293 g/mol. The second-order valence-electron chi connectivity index (χ2n) is 5.61. The molecule has 2 fully saturated rings. The summed E-state index contributed by atoms with van der Waals surface area (Å²) in [4.78, 5) is 23.0. The highest BCUT2D eigenvalue weighted by Gasteiger charge is 2.47. The number of carbonyl (C=O) groups excluding carboxylic acids is 1. The third kappa shape index (κ3) is 2.76. The summed E-state index contributed by atoms with van der Waals surface area (Å²) in [6.45, 7) is 0. The fraction of sp³-hybridized carbons (Fsp3) is 0.467. The van der Waals surface area contributed by atoms with Crippen LogP contribution >= 0.6 is 0 Å². The van der Waals surface area contributed by atoms with Crippen molar-refractivity contribution < 1.29 is 23.8 Å². The van der Waals surface area contributed by atoms with E-state index in [2.05, 4.69) is 5.32 Å². The van der Waals surface area contributed by atoms with E-state index in [0.29, 0.717) is 12.8 Å². The van der Waals surface area contributed by atoms with Gasteiger partial charge in [0.1, 0.15) is 11.9 Å². The lowest BCUT2D eigenvalue weighted by molar-refractivity contribution is -0.152. The zero-order valence-corrected chi connectivity index (χ0v) is 11.3. The summed E-state index contributed by atoms with van der Waals surface area (Å²) in [5.74, 6) is -1.70. The number of aliphatic carboxylic acids is 1.